The third-order valence-corrected chi connectivity index (χ3v) is 7.29. The van der Waals surface area contributed by atoms with Crippen molar-refractivity contribution in [2.45, 2.75) is 65.0 Å². The number of thiol groups is 1. The summed E-state index contributed by atoms with van der Waals surface area (Å²) in [6.07, 6.45) is 9.44. The highest BCUT2D eigenvalue weighted by molar-refractivity contribution is 7.90. The summed E-state index contributed by atoms with van der Waals surface area (Å²) in [4.78, 5) is 5.16. The lowest BCUT2D eigenvalue weighted by Gasteiger charge is -2.20. The van der Waals surface area contributed by atoms with Gasteiger partial charge in [-0.15, -0.1) is 12.6 Å². The van der Waals surface area contributed by atoms with Crippen LogP contribution in [0.2, 0.25) is 0 Å². The zero-order chi connectivity index (χ0) is 24.1. The lowest BCUT2D eigenvalue weighted by Crippen LogP contribution is -2.27. The first-order valence-electron chi connectivity index (χ1n) is 11.9. The smallest absolute Gasteiger partial charge is 0.0487 e. The van der Waals surface area contributed by atoms with Crippen molar-refractivity contribution in [1.29, 1.82) is 0 Å². The molecule has 1 aromatic heterocycles. The normalized spacial score (nSPS) is 21.4. The lowest BCUT2D eigenvalue weighted by atomic mass is 9.89. The van der Waals surface area contributed by atoms with Crippen molar-refractivity contribution in [1.82, 2.24) is 4.57 Å². The molecule has 1 aliphatic carbocycles. The molecule has 3 rings (SSSR count). The summed E-state index contributed by atoms with van der Waals surface area (Å²) in [5.74, 6) is 1.10. The van der Waals surface area contributed by atoms with Gasteiger partial charge in [0.05, 0.1) is 0 Å². The molecule has 176 valence electrons. The molecule has 1 aliphatic rings. The van der Waals surface area contributed by atoms with Gasteiger partial charge in [0.15, 0.2) is 0 Å². The molecule has 2 N–H and O–H groups in total. The molecule has 4 unspecified atom stereocenters. The molecular formula is C29H39N3S. The molecule has 0 aliphatic heterocycles. The van der Waals surface area contributed by atoms with Gasteiger partial charge in [0, 0.05) is 51.9 Å². The molecular weight excluding hydrogens is 422 g/mol. The highest BCUT2D eigenvalue weighted by Gasteiger charge is 2.34. The highest BCUT2D eigenvalue weighted by Crippen LogP contribution is 2.40. The van der Waals surface area contributed by atoms with Crippen molar-refractivity contribution in [3.8, 4) is 0 Å². The van der Waals surface area contributed by atoms with Gasteiger partial charge >= 0.3 is 0 Å². The maximum Gasteiger partial charge on any atom is 0.0487 e. The van der Waals surface area contributed by atoms with Gasteiger partial charge in [-0.3, -0.25) is 4.99 Å². The Balaban J connectivity index is 1.65. The minimum Gasteiger partial charge on any atom is -0.346 e. The second-order valence-electron chi connectivity index (χ2n) is 9.75. The van der Waals surface area contributed by atoms with Crippen LogP contribution in [0.4, 0.5) is 0 Å². The first-order valence-corrected chi connectivity index (χ1v) is 12.4. The number of benzene rings is 1. The quantitative estimate of drug-likeness (QED) is 0.220. The fraction of sp³-hybridized carbons (Fsp3) is 0.414. The van der Waals surface area contributed by atoms with E-state index in [0.717, 1.165) is 59.5 Å². The predicted molar refractivity (Wildman–Crippen MR) is 147 cm³/mol. The van der Waals surface area contributed by atoms with E-state index in [4.69, 9.17) is 5.73 Å². The molecule has 0 radical (unpaired) electrons. The summed E-state index contributed by atoms with van der Waals surface area (Å²) >= 11 is 4.52. The van der Waals surface area contributed by atoms with E-state index in [9.17, 15) is 0 Å². The molecule has 0 spiro atoms. The molecule has 1 saturated carbocycles. The number of nitrogens with zero attached hydrogens (tertiary/aromatic N) is 2. The molecule has 2 aromatic rings. The summed E-state index contributed by atoms with van der Waals surface area (Å²) in [7, 11) is 0. The monoisotopic (exact) mass is 461 g/mol. The number of hydrogen-bond acceptors (Lipinski definition) is 3. The minimum absolute atomic E-state index is 0.142. The highest BCUT2D eigenvalue weighted by atomic mass is 32.1. The van der Waals surface area contributed by atoms with Crippen LogP contribution in [0.5, 0.6) is 0 Å². The Morgan fingerprint density at radius 2 is 1.94 bits per heavy atom. The van der Waals surface area contributed by atoms with E-state index < -0.39 is 0 Å². The van der Waals surface area contributed by atoms with E-state index in [1.165, 1.54) is 11.1 Å². The molecule has 1 heterocycles. The zero-order valence-corrected chi connectivity index (χ0v) is 21.3. The SMILES string of the molecule is C=C(C)/N=C\c1c(C(=C)S)cn(C2CC(CCC(=C)C(C)Cc3ccccc3)CC2N)c1C. The van der Waals surface area contributed by atoms with E-state index in [0.29, 0.717) is 11.8 Å². The Labute approximate surface area is 205 Å². The van der Waals surface area contributed by atoms with Crippen LogP contribution in [0.3, 0.4) is 0 Å². The average molecular weight is 462 g/mol. The molecule has 0 saturated heterocycles. The van der Waals surface area contributed by atoms with Crippen molar-refractivity contribution in [3.05, 3.63) is 89.9 Å². The summed E-state index contributed by atoms with van der Waals surface area (Å²) in [6.45, 7) is 18.7. The van der Waals surface area contributed by atoms with Crippen LogP contribution in [0.1, 0.15) is 68.0 Å². The molecule has 1 fully saturated rings. The maximum absolute atomic E-state index is 6.66. The van der Waals surface area contributed by atoms with Crippen LogP contribution in [-0.4, -0.2) is 16.8 Å². The van der Waals surface area contributed by atoms with Crippen LogP contribution in [0, 0.1) is 18.8 Å². The Kier molecular flexibility index (Phi) is 8.61. The van der Waals surface area contributed by atoms with Crippen molar-refractivity contribution < 1.29 is 0 Å². The molecule has 33 heavy (non-hydrogen) atoms. The standard InChI is InChI=1S/C29H39N3S/c1-19(2)31-17-26-22(5)32(18-27(26)23(6)33)29-16-25(15-28(29)30)13-12-20(3)21(4)14-24-10-8-7-9-11-24/h7-11,17-18,21,25,28-29,33H,1,3,6,12-16,30H2,2,4-5H3/b31-17-. The van der Waals surface area contributed by atoms with Gasteiger partial charge in [-0.05, 0) is 63.4 Å². The largest absolute Gasteiger partial charge is 0.346 e. The molecule has 4 atom stereocenters. The summed E-state index contributed by atoms with van der Waals surface area (Å²) in [5.41, 5.74) is 13.4. The number of aliphatic imine (C=N–C) groups is 1. The second-order valence-corrected chi connectivity index (χ2v) is 10.3. The third kappa shape index (κ3) is 6.39. The zero-order valence-electron chi connectivity index (χ0n) is 20.4. The van der Waals surface area contributed by atoms with Crippen molar-refractivity contribution in [3.63, 3.8) is 0 Å². The molecule has 3 nitrogen and oxygen atoms in total. The van der Waals surface area contributed by atoms with Gasteiger partial charge in [-0.25, -0.2) is 0 Å². The Hall–Kier alpha value is -2.30. The van der Waals surface area contributed by atoms with Crippen LogP contribution < -0.4 is 5.73 Å². The van der Waals surface area contributed by atoms with Gasteiger partial charge in [0.2, 0.25) is 0 Å². The summed E-state index contributed by atoms with van der Waals surface area (Å²) in [5, 5.41) is 0. The topological polar surface area (TPSA) is 43.3 Å². The molecule has 0 amide bonds. The van der Waals surface area contributed by atoms with Gasteiger partial charge in [0.1, 0.15) is 0 Å². The minimum atomic E-state index is 0.142. The van der Waals surface area contributed by atoms with Gasteiger partial charge in [-0.1, -0.05) is 62.6 Å². The summed E-state index contributed by atoms with van der Waals surface area (Å²) < 4.78 is 2.33. The Morgan fingerprint density at radius 3 is 2.58 bits per heavy atom. The average Bonchev–Trinajstić information content (AvgIpc) is 3.30. The lowest BCUT2D eigenvalue weighted by molar-refractivity contribution is 0.435. The van der Waals surface area contributed by atoms with Crippen LogP contribution in [0.25, 0.3) is 4.91 Å². The first kappa shape index (κ1) is 25.3. The molecule has 1 aromatic carbocycles. The number of nitrogens with two attached hydrogens (primary N) is 1. The van der Waals surface area contributed by atoms with Gasteiger partial charge < -0.3 is 10.3 Å². The van der Waals surface area contributed by atoms with Crippen molar-refractivity contribution in [2.24, 2.45) is 22.6 Å². The predicted octanol–water partition coefficient (Wildman–Crippen LogP) is 7.14. The van der Waals surface area contributed by atoms with Crippen LogP contribution in [-0.2, 0) is 6.42 Å². The number of rotatable bonds is 10. The van der Waals surface area contributed by atoms with E-state index in [2.05, 4.69) is 92.3 Å². The van der Waals surface area contributed by atoms with E-state index in [1.807, 2.05) is 13.1 Å². The fourth-order valence-corrected chi connectivity index (χ4v) is 5.19. The Bertz CT molecular complexity index is 1030. The Morgan fingerprint density at radius 1 is 1.24 bits per heavy atom. The first-order chi connectivity index (χ1) is 15.7. The second kappa shape index (κ2) is 11.2. The van der Waals surface area contributed by atoms with Crippen molar-refractivity contribution in [2.75, 3.05) is 0 Å². The number of aromatic nitrogens is 1. The van der Waals surface area contributed by atoms with E-state index >= 15 is 0 Å². The van der Waals surface area contributed by atoms with Gasteiger partial charge in [0.25, 0.3) is 0 Å². The molecule has 0 bridgehead atoms. The third-order valence-electron chi connectivity index (χ3n) is 7.05. The van der Waals surface area contributed by atoms with E-state index in [1.54, 1.807) is 0 Å². The number of hydrogen-bond donors (Lipinski definition) is 2. The fourth-order valence-electron chi connectivity index (χ4n) is 5.01. The van der Waals surface area contributed by atoms with Crippen LogP contribution >= 0.6 is 12.6 Å². The van der Waals surface area contributed by atoms with Crippen molar-refractivity contribution >= 4 is 23.7 Å². The van der Waals surface area contributed by atoms with E-state index in [-0.39, 0.29) is 12.1 Å². The molecule has 4 heteroatoms. The summed E-state index contributed by atoms with van der Waals surface area (Å²) in [6, 6.07) is 11.1. The maximum atomic E-state index is 6.66. The van der Waals surface area contributed by atoms with Gasteiger partial charge in [-0.2, -0.15) is 0 Å². The number of allylic oxidation sites excluding steroid dienone is 2. The van der Waals surface area contributed by atoms with Crippen LogP contribution in [0.15, 0.2) is 72.5 Å².